The van der Waals surface area contributed by atoms with Crippen molar-refractivity contribution >= 4 is 11.8 Å². The summed E-state index contributed by atoms with van der Waals surface area (Å²) >= 11 is 1.87. The zero-order valence-corrected chi connectivity index (χ0v) is 11.4. The lowest BCUT2D eigenvalue weighted by Gasteiger charge is -2.13. The molecule has 0 amide bonds. The van der Waals surface area contributed by atoms with Gasteiger partial charge < -0.3 is 10.1 Å². The maximum Gasteiger partial charge on any atom is 0.573 e. The molecule has 1 aliphatic rings. The minimum atomic E-state index is -4.63. The summed E-state index contributed by atoms with van der Waals surface area (Å²) in [6, 6.07) is 5.97. The molecular formula is C13H16F3NOS. The van der Waals surface area contributed by atoms with Crippen molar-refractivity contribution in [2.75, 3.05) is 12.8 Å². The van der Waals surface area contributed by atoms with E-state index in [0.717, 1.165) is 12.1 Å². The molecule has 1 fully saturated rings. The SMILES string of the molecule is CSC1(CNCc2ccc(OC(F)(F)F)cc2)CC1. The molecule has 0 saturated heterocycles. The smallest absolute Gasteiger partial charge is 0.406 e. The van der Waals surface area contributed by atoms with Gasteiger partial charge in [-0.15, -0.1) is 13.2 Å². The van der Waals surface area contributed by atoms with E-state index in [0.29, 0.717) is 11.3 Å². The molecule has 0 atom stereocenters. The van der Waals surface area contributed by atoms with Crippen molar-refractivity contribution in [3.8, 4) is 5.75 Å². The molecule has 1 aromatic rings. The van der Waals surface area contributed by atoms with Gasteiger partial charge in [0.25, 0.3) is 0 Å². The van der Waals surface area contributed by atoms with Gasteiger partial charge in [-0.25, -0.2) is 0 Å². The number of nitrogens with one attached hydrogen (secondary N) is 1. The third-order valence-corrected chi connectivity index (χ3v) is 4.59. The molecule has 0 radical (unpaired) electrons. The maximum absolute atomic E-state index is 12.0. The van der Waals surface area contributed by atoms with Crippen molar-refractivity contribution in [2.45, 2.75) is 30.5 Å². The topological polar surface area (TPSA) is 21.3 Å². The number of alkyl halides is 3. The average Bonchev–Trinajstić information content (AvgIpc) is 3.10. The van der Waals surface area contributed by atoms with E-state index in [9.17, 15) is 13.2 Å². The lowest BCUT2D eigenvalue weighted by atomic mass is 10.2. The Hall–Kier alpha value is -0.880. The van der Waals surface area contributed by atoms with Crippen LogP contribution in [0.3, 0.4) is 0 Å². The van der Waals surface area contributed by atoms with Crippen LogP contribution in [0.2, 0.25) is 0 Å². The van der Waals surface area contributed by atoms with Crippen LogP contribution in [0.5, 0.6) is 5.75 Å². The fourth-order valence-corrected chi connectivity index (χ4v) is 2.59. The predicted molar refractivity (Wildman–Crippen MR) is 70.3 cm³/mol. The van der Waals surface area contributed by atoms with Crippen molar-refractivity contribution in [1.82, 2.24) is 5.32 Å². The first kappa shape index (κ1) is 14.5. The minimum absolute atomic E-state index is 0.181. The lowest BCUT2D eigenvalue weighted by molar-refractivity contribution is -0.274. The Morgan fingerprint density at radius 1 is 1.26 bits per heavy atom. The molecule has 1 aliphatic carbocycles. The van der Waals surface area contributed by atoms with Gasteiger partial charge in [-0.2, -0.15) is 11.8 Å². The van der Waals surface area contributed by atoms with Crippen molar-refractivity contribution in [3.05, 3.63) is 29.8 Å². The molecule has 1 N–H and O–H groups in total. The standard InChI is InChI=1S/C13H16F3NOS/c1-19-12(6-7-12)9-17-8-10-2-4-11(5-3-10)18-13(14,15)16/h2-5,17H,6-9H2,1H3. The summed E-state index contributed by atoms with van der Waals surface area (Å²) in [6.07, 6.45) is -0.0481. The highest BCUT2D eigenvalue weighted by atomic mass is 32.2. The largest absolute Gasteiger partial charge is 0.573 e. The van der Waals surface area contributed by atoms with Crippen LogP contribution in [0.1, 0.15) is 18.4 Å². The highest BCUT2D eigenvalue weighted by molar-refractivity contribution is 8.00. The van der Waals surface area contributed by atoms with E-state index in [2.05, 4.69) is 16.3 Å². The molecular weight excluding hydrogens is 275 g/mol. The number of thioether (sulfide) groups is 1. The molecule has 0 aliphatic heterocycles. The highest BCUT2D eigenvalue weighted by Gasteiger charge is 2.41. The quantitative estimate of drug-likeness (QED) is 0.865. The van der Waals surface area contributed by atoms with Gasteiger partial charge in [-0.3, -0.25) is 0 Å². The van der Waals surface area contributed by atoms with E-state index >= 15 is 0 Å². The predicted octanol–water partition coefficient (Wildman–Crippen LogP) is 3.57. The fourth-order valence-electron chi connectivity index (χ4n) is 1.84. The van der Waals surface area contributed by atoms with Gasteiger partial charge in [0.1, 0.15) is 5.75 Å². The Balaban J connectivity index is 1.79. The van der Waals surface area contributed by atoms with E-state index in [1.165, 1.54) is 25.0 Å². The highest BCUT2D eigenvalue weighted by Crippen LogP contribution is 2.46. The Bertz CT molecular complexity index is 415. The van der Waals surface area contributed by atoms with Gasteiger partial charge in [0.05, 0.1) is 0 Å². The monoisotopic (exact) mass is 291 g/mol. The average molecular weight is 291 g/mol. The zero-order chi connectivity index (χ0) is 13.9. The van der Waals surface area contributed by atoms with Gasteiger partial charge in [-0.05, 0) is 36.8 Å². The van der Waals surface area contributed by atoms with Gasteiger partial charge in [0, 0.05) is 17.8 Å². The Kier molecular flexibility index (Phi) is 4.30. The number of benzene rings is 1. The summed E-state index contributed by atoms with van der Waals surface area (Å²) in [5, 5.41) is 3.34. The second-order valence-electron chi connectivity index (χ2n) is 4.68. The Labute approximate surface area is 114 Å². The second-order valence-corrected chi connectivity index (χ2v) is 5.96. The number of ether oxygens (including phenoxy) is 1. The molecule has 0 bridgehead atoms. The van der Waals surface area contributed by atoms with Crippen molar-refractivity contribution in [3.63, 3.8) is 0 Å². The maximum atomic E-state index is 12.0. The van der Waals surface area contributed by atoms with E-state index < -0.39 is 6.36 Å². The van der Waals surface area contributed by atoms with Crippen molar-refractivity contribution < 1.29 is 17.9 Å². The summed E-state index contributed by atoms with van der Waals surface area (Å²) < 4.78 is 40.2. The van der Waals surface area contributed by atoms with E-state index in [1.54, 1.807) is 12.1 Å². The molecule has 19 heavy (non-hydrogen) atoms. The second kappa shape index (κ2) is 5.63. The fraction of sp³-hybridized carbons (Fsp3) is 0.538. The first-order chi connectivity index (χ1) is 8.92. The van der Waals surface area contributed by atoms with Crippen LogP contribution in [-0.4, -0.2) is 23.9 Å². The van der Waals surface area contributed by atoms with Gasteiger partial charge in [0.15, 0.2) is 0 Å². The van der Waals surface area contributed by atoms with Crippen LogP contribution < -0.4 is 10.1 Å². The third kappa shape index (κ3) is 4.62. The van der Waals surface area contributed by atoms with Gasteiger partial charge in [-0.1, -0.05) is 12.1 Å². The van der Waals surface area contributed by atoms with Crippen LogP contribution in [0.25, 0.3) is 0 Å². The summed E-state index contributed by atoms with van der Waals surface area (Å²) in [6.45, 7) is 1.60. The summed E-state index contributed by atoms with van der Waals surface area (Å²) in [5.41, 5.74) is 0.950. The van der Waals surface area contributed by atoms with Gasteiger partial charge in [0.2, 0.25) is 0 Å². The number of halogens is 3. The van der Waals surface area contributed by atoms with E-state index in [-0.39, 0.29) is 5.75 Å². The van der Waals surface area contributed by atoms with Crippen molar-refractivity contribution in [1.29, 1.82) is 0 Å². The Morgan fingerprint density at radius 2 is 1.89 bits per heavy atom. The van der Waals surface area contributed by atoms with Crippen LogP contribution in [0.4, 0.5) is 13.2 Å². The zero-order valence-electron chi connectivity index (χ0n) is 10.6. The van der Waals surface area contributed by atoms with Crippen molar-refractivity contribution in [2.24, 2.45) is 0 Å². The molecule has 0 spiro atoms. The van der Waals surface area contributed by atoms with Crippen LogP contribution >= 0.6 is 11.8 Å². The van der Waals surface area contributed by atoms with Crippen LogP contribution in [0.15, 0.2) is 24.3 Å². The first-order valence-electron chi connectivity index (χ1n) is 6.03. The molecule has 0 unspecified atom stereocenters. The van der Waals surface area contributed by atoms with Gasteiger partial charge >= 0.3 is 6.36 Å². The summed E-state index contributed by atoms with van der Waals surface area (Å²) in [4.78, 5) is 0. The molecule has 2 rings (SSSR count). The summed E-state index contributed by atoms with van der Waals surface area (Å²) in [7, 11) is 0. The molecule has 0 heterocycles. The molecule has 106 valence electrons. The first-order valence-corrected chi connectivity index (χ1v) is 7.25. The molecule has 0 aromatic heterocycles. The molecule has 2 nitrogen and oxygen atoms in total. The van der Waals surface area contributed by atoms with E-state index in [4.69, 9.17) is 0 Å². The molecule has 6 heteroatoms. The molecule has 1 saturated carbocycles. The Morgan fingerprint density at radius 3 is 2.37 bits per heavy atom. The number of hydrogen-bond acceptors (Lipinski definition) is 3. The van der Waals surface area contributed by atoms with E-state index in [1.807, 2.05) is 11.8 Å². The lowest BCUT2D eigenvalue weighted by Crippen LogP contribution is -2.25. The molecule has 1 aromatic carbocycles. The summed E-state index contributed by atoms with van der Waals surface area (Å²) in [5.74, 6) is -0.181. The van der Waals surface area contributed by atoms with Crippen LogP contribution in [-0.2, 0) is 6.54 Å². The number of hydrogen-bond donors (Lipinski definition) is 1. The number of rotatable bonds is 6. The third-order valence-electron chi connectivity index (χ3n) is 3.17. The normalized spacial score (nSPS) is 17.3. The van der Waals surface area contributed by atoms with Crippen LogP contribution in [0, 0.1) is 0 Å². The minimum Gasteiger partial charge on any atom is -0.406 e.